The Balaban J connectivity index is 2.43. The van der Waals surface area contributed by atoms with Gasteiger partial charge in [-0.15, -0.1) is 0 Å². The quantitative estimate of drug-likeness (QED) is 0.809. The van der Waals surface area contributed by atoms with Gasteiger partial charge in [-0.1, -0.05) is 12.1 Å². The van der Waals surface area contributed by atoms with Crippen LogP contribution in [0.15, 0.2) is 29.2 Å². The van der Waals surface area contributed by atoms with Gasteiger partial charge in [-0.25, -0.2) is 8.42 Å². The van der Waals surface area contributed by atoms with Crippen LogP contribution < -0.4 is 5.73 Å². The minimum atomic E-state index is -3.88. The van der Waals surface area contributed by atoms with Gasteiger partial charge in [0.2, 0.25) is 15.9 Å². The van der Waals surface area contributed by atoms with E-state index in [4.69, 9.17) is 5.73 Å². The van der Waals surface area contributed by atoms with Gasteiger partial charge in [0.15, 0.2) is 0 Å². The van der Waals surface area contributed by atoms with Gasteiger partial charge in [0.25, 0.3) is 0 Å². The first kappa shape index (κ1) is 12.8. The van der Waals surface area contributed by atoms with Crippen LogP contribution in [0.1, 0.15) is 12.8 Å². The van der Waals surface area contributed by atoms with E-state index in [0.717, 1.165) is 4.31 Å². The number of rotatable bonds is 3. The smallest absolute Gasteiger partial charge is 0.247 e. The zero-order valence-electron chi connectivity index (χ0n) is 9.61. The highest BCUT2D eigenvalue weighted by Crippen LogP contribution is 2.30. The molecule has 1 fully saturated rings. The summed E-state index contributed by atoms with van der Waals surface area (Å²) in [5, 5.41) is 9.61. The largest absolute Gasteiger partial charge is 0.507 e. The molecular formula is C11H14N2O4S. The van der Waals surface area contributed by atoms with Gasteiger partial charge in [0.1, 0.15) is 16.7 Å². The molecule has 0 saturated carbocycles. The maximum absolute atomic E-state index is 12.3. The van der Waals surface area contributed by atoms with Crippen molar-refractivity contribution in [3.63, 3.8) is 0 Å². The molecule has 1 unspecified atom stereocenters. The van der Waals surface area contributed by atoms with Crippen molar-refractivity contribution in [3.05, 3.63) is 24.3 Å². The molecule has 7 heteroatoms. The van der Waals surface area contributed by atoms with Crippen LogP contribution in [0.4, 0.5) is 0 Å². The molecule has 1 aliphatic heterocycles. The number of hydrogen-bond donors (Lipinski definition) is 2. The number of para-hydroxylation sites is 1. The zero-order chi connectivity index (χ0) is 13.3. The fourth-order valence-electron chi connectivity index (χ4n) is 2.11. The van der Waals surface area contributed by atoms with Gasteiger partial charge < -0.3 is 10.8 Å². The number of phenols is 1. The standard InChI is InChI=1S/C11H14N2O4S/c12-11(15)8-4-3-7-13(8)18(16,17)10-6-2-1-5-9(10)14/h1-2,5-6,8,14H,3-4,7H2,(H2,12,15). The molecule has 2 rings (SSSR count). The van der Waals surface area contributed by atoms with E-state index in [1.807, 2.05) is 0 Å². The molecule has 1 amide bonds. The van der Waals surface area contributed by atoms with Crippen molar-refractivity contribution in [3.8, 4) is 5.75 Å². The number of phenolic OH excluding ortho intramolecular Hbond substituents is 1. The summed E-state index contributed by atoms with van der Waals surface area (Å²) in [6.45, 7) is 0.240. The van der Waals surface area contributed by atoms with Crippen molar-refractivity contribution in [2.24, 2.45) is 5.73 Å². The van der Waals surface area contributed by atoms with Crippen LogP contribution in [0.25, 0.3) is 0 Å². The van der Waals surface area contributed by atoms with E-state index in [0.29, 0.717) is 12.8 Å². The molecule has 1 atom stereocenters. The third-order valence-corrected chi connectivity index (χ3v) is 4.94. The Morgan fingerprint density at radius 3 is 2.67 bits per heavy atom. The second-order valence-corrected chi connectivity index (χ2v) is 6.00. The van der Waals surface area contributed by atoms with Crippen LogP contribution in [-0.4, -0.2) is 36.3 Å². The van der Waals surface area contributed by atoms with Crippen molar-refractivity contribution in [1.29, 1.82) is 0 Å². The van der Waals surface area contributed by atoms with E-state index in [1.165, 1.54) is 24.3 Å². The molecular weight excluding hydrogens is 256 g/mol. The molecule has 1 saturated heterocycles. The fourth-order valence-corrected chi connectivity index (χ4v) is 3.86. The van der Waals surface area contributed by atoms with Gasteiger partial charge in [-0.3, -0.25) is 4.79 Å². The van der Waals surface area contributed by atoms with Gasteiger partial charge in [0.05, 0.1) is 0 Å². The number of nitrogens with zero attached hydrogens (tertiary/aromatic N) is 1. The Bertz CT molecular complexity index is 570. The fraction of sp³-hybridized carbons (Fsp3) is 0.364. The third kappa shape index (κ3) is 2.06. The molecule has 1 aromatic carbocycles. The number of primary amides is 1. The maximum Gasteiger partial charge on any atom is 0.247 e. The SMILES string of the molecule is NC(=O)C1CCCN1S(=O)(=O)c1ccccc1O. The molecule has 1 aliphatic rings. The van der Waals surface area contributed by atoms with Crippen LogP contribution >= 0.6 is 0 Å². The molecule has 0 bridgehead atoms. The summed E-state index contributed by atoms with van der Waals surface area (Å²) in [5.41, 5.74) is 5.19. The lowest BCUT2D eigenvalue weighted by Gasteiger charge is -2.21. The molecule has 6 nitrogen and oxygen atoms in total. The predicted octanol–water partition coefficient (Wildman–Crippen LogP) is 0.0306. The van der Waals surface area contributed by atoms with Crippen LogP contribution in [0.3, 0.4) is 0 Å². The van der Waals surface area contributed by atoms with E-state index >= 15 is 0 Å². The topological polar surface area (TPSA) is 101 Å². The lowest BCUT2D eigenvalue weighted by atomic mass is 10.2. The minimum absolute atomic E-state index is 0.196. The molecule has 0 radical (unpaired) electrons. The zero-order valence-corrected chi connectivity index (χ0v) is 10.4. The van der Waals surface area contributed by atoms with E-state index in [-0.39, 0.29) is 17.2 Å². The van der Waals surface area contributed by atoms with Crippen LogP contribution in [0, 0.1) is 0 Å². The second-order valence-electron chi connectivity index (χ2n) is 4.14. The number of sulfonamides is 1. The average Bonchev–Trinajstić information content (AvgIpc) is 2.78. The Morgan fingerprint density at radius 1 is 1.39 bits per heavy atom. The lowest BCUT2D eigenvalue weighted by molar-refractivity contribution is -0.121. The number of amides is 1. The molecule has 18 heavy (non-hydrogen) atoms. The first-order valence-corrected chi connectivity index (χ1v) is 6.98. The number of aromatic hydroxyl groups is 1. The molecule has 1 heterocycles. The lowest BCUT2D eigenvalue weighted by Crippen LogP contribution is -2.43. The molecule has 0 spiro atoms. The van der Waals surface area contributed by atoms with E-state index in [1.54, 1.807) is 0 Å². The van der Waals surface area contributed by atoms with Gasteiger partial charge >= 0.3 is 0 Å². The monoisotopic (exact) mass is 270 g/mol. The highest BCUT2D eigenvalue weighted by molar-refractivity contribution is 7.89. The molecule has 3 N–H and O–H groups in total. The molecule has 98 valence electrons. The van der Waals surface area contributed by atoms with Crippen molar-refractivity contribution in [2.45, 2.75) is 23.8 Å². The van der Waals surface area contributed by atoms with Crippen LogP contribution in [0.2, 0.25) is 0 Å². The third-order valence-electron chi connectivity index (χ3n) is 2.98. The molecule has 1 aromatic rings. The van der Waals surface area contributed by atoms with Crippen molar-refractivity contribution < 1.29 is 18.3 Å². The average molecular weight is 270 g/mol. The molecule has 0 aromatic heterocycles. The molecule has 0 aliphatic carbocycles. The van der Waals surface area contributed by atoms with E-state index in [2.05, 4.69) is 0 Å². The summed E-state index contributed by atoms with van der Waals surface area (Å²) in [6.07, 6.45) is 1.00. The number of carbonyl (C=O) groups excluding carboxylic acids is 1. The summed E-state index contributed by atoms with van der Waals surface area (Å²) < 4.78 is 25.7. The van der Waals surface area contributed by atoms with Crippen LogP contribution in [-0.2, 0) is 14.8 Å². The summed E-state index contributed by atoms with van der Waals surface area (Å²) in [5.74, 6) is -0.987. The Hall–Kier alpha value is -1.60. The van der Waals surface area contributed by atoms with Crippen molar-refractivity contribution >= 4 is 15.9 Å². The summed E-state index contributed by atoms with van der Waals surface area (Å²) >= 11 is 0. The Labute approximate surface area is 105 Å². The van der Waals surface area contributed by atoms with Gasteiger partial charge in [-0.2, -0.15) is 4.31 Å². The van der Waals surface area contributed by atoms with E-state index in [9.17, 15) is 18.3 Å². The number of nitrogens with two attached hydrogens (primary N) is 1. The van der Waals surface area contributed by atoms with Crippen molar-refractivity contribution in [2.75, 3.05) is 6.54 Å². The first-order valence-electron chi connectivity index (χ1n) is 5.54. The number of hydrogen-bond acceptors (Lipinski definition) is 4. The Morgan fingerprint density at radius 2 is 2.06 bits per heavy atom. The van der Waals surface area contributed by atoms with Gasteiger partial charge in [-0.05, 0) is 25.0 Å². The number of benzene rings is 1. The Kier molecular flexibility index (Phi) is 3.27. The van der Waals surface area contributed by atoms with Crippen LogP contribution in [0.5, 0.6) is 5.75 Å². The van der Waals surface area contributed by atoms with Crippen molar-refractivity contribution in [1.82, 2.24) is 4.31 Å². The highest BCUT2D eigenvalue weighted by Gasteiger charge is 2.39. The summed E-state index contributed by atoms with van der Waals surface area (Å²) in [7, 11) is -3.88. The summed E-state index contributed by atoms with van der Waals surface area (Å²) in [6, 6.07) is 4.82. The first-order chi connectivity index (χ1) is 8.44. The predicted molar refractivity (Wildman–Crippen MR) is 64.2 cm³/mol. The van der Waals surface area contributed by atoms with Gasteiger partial charge in [0, 0.05) is 6.54 Å². The summed E-state index contributed by atoms with van der Waals surface area (Å²) in [4.78, 5) is 11.0. The number of carbonyl (C=O) groups is 1. The maximum atomic E-state index is 12.3. The normalized spacial score (nSPS) is 21.0. The van der Waals surface area contributed by atoms with E-state index < -0.39 is 22.0 Å². The second kappa shape index (κ2) is 4.58. The highest BCUT2D eigenvalue weighted by atomic mass is 32.2. The minimum Gasteiger partial charge on any atom is -0.507 e.